The zero-order chi connectivity index (χ0) is 26.3. The number of amidine groups is 2. The second kappa shape index (κ2) is 9.39. The van der Waals surface area contributed by atoms with Crippen molar-refractivity contribution in [1.82, 2.24) is 4.57 Å². The highest BCUT2D eigenvalue weighted by molar-refractivity contribution is 7.18. The van der Waals surface area contributed by atoms with Gasteiger partial charge in [0.05, 0.1) is 11.0 Å². The topological polar surface area (TPSA) is 55.9 Å². The first kappa shape index (κ1) is 23.1. The van der Waals surface area contributed by atoms with E-state index in [0.29, 0.717) is 0 Å². The molecule has 0 saturated carbocycles. The molecule has 0 bridgehead atoms. The van der Waals surface area contributed by atoms with Crippen LogP contribution in [0.25, 0.3) is 37.6 Å². The van der Waals surface area contributed by atoms with Crippen molar-refractivity contribution < 1.29 is 0 Å². The molecule has 0 aliphatic carbocycles. The fraction of sp³-hybridized carbons (Fsp3) is 0. The van der Waals surface area contributed by atoms with Crippen LogP contribution in [0.3, 0.4) is 0 Å². The molecule has 2 heterocycles. The van der Waals surface area contributed by atoms with Crippen LogP contribution in [0.2, 0.25) is 0 Å². The summed E-state index contributed by atoms with van der Waals surface area (Å²) in [4.78, 5) is 1.70. The van der Waals surface area contributed by atoms with Crippen LogP contribution in [-0.2, 0) is 0 Å². The predicted molar refractivity (Wildman–Crippen MR) is 165 cm³/mol. The predicted octanol–water partition coefficient (Wildman–Crippen LogP) is 8.86. The number of thiophene rings is 1. The van der Waals surface area contributed by atoms with Crippen molar-refractivity contribution in [3.05, 3.63) is 144 Å². The first-order chi connectivity index (χ1) is 19.2. The molecule has 0 spiro atoms. The third-order valence-corrected chi connectivity index (χ3v) is 8.09. The maximum Gasteiger partial charge on any atom is 0.138 e. The Hall–Kier alpha value is -5.00. The number of nitrogens with one attached hydrogen (secondary N) is 2. The lowest BCUT2D eigenvalue weighted by atomic mass is 10.1. The first-order valence-corrected chi connectivity index (χ1v) is 13.7. The van der Waals surface area contributed by atoms with Gasteiger partial charge in [0.1, 0.15) is 11.7 Å². The average molecular weight is 521 g/mol. The Morgan fingerprint density at radius 3 is 2.13 bits per heavy atom. The van der Waals surface area contributed by atoms with Gasteiger partial charge in [0.25, 0.3) is 0 Å². The Bertz CT molecular complexity index is 2000. The van der Waals surface area contributed by atoms with Gasteiger partial charge in [-0.2, -0.15) is 0 Å². The van der Waals surface area contributed by atoms with Gasteiger partial charge in [-0.05, 0) is 53.2 Å². The minimum absolute atomic E-state index is 0.248. The number of nitrogens with zero attached hydrogens (tertiary/aromatic N) is 2. The summed E-state index contributed by atoms with van der Waals surface area (Å²) in [5.41, 5.74) is 5.53. The molecule has 5 heteroatoms. The molecule has 0 fully saturated rings. The molecule has 2 N–H and O–H groups in total. The highest BCUT2D eigenvalue weighted by Gasteiger charge is 2.21. The van der Waals surface area contributed by atoms with Gasteiger partial charge in [-0.15, -0.1) is 11.3 Å². The number of benzene rings is 5. The van der Waals surface area contributed by atoms with E-state index in [9.17, 15) is 5.41 Å². The largest absolute Gasteiger partial charge is 0.309 e. The molecule has 0 aliphatic rings. The van der Waals surface area contributed by atoms with E-state index in [-0.39, 0.29) is 11.7 Å². The Morgan fingerprint density at radius 1 is 0.615 bits per heavy atom. The summed E-state index contributed by atoms with van der Waals surface area (Å²) in [5, 5.41) is 24.3. The Balaban J connectivity index is 1.39. The lowest BCUT2D eigenvalue weighted by molar-refractivity contribution is 1.17. The quantitative estimate of drug-likeness (QED) is 0.177. The normalized spacial score (nSPS) is 11.3. The smallest absolute Gasteiger partial charge is 0.138 e. The lowest BCUT2D eigenvalue weighted by Gasteiger charge is -2.26. The van der Waals surface area contributed by atoms with Crippen LogP contribution in [0, 0.1) is 10.8 Å². The number of hydrogen-bond donors (Lipinski definition) is 2. The van der Waals surface area contributed by atoms with Crippen molar-refractivity contribution in [2.75, 3.05) is 4.90 Å². The number of anilines is 1. The molecule has 0 radical (unpaired) electrons. The van der Waals surface area contributed by atoms with Gasteiger partial charge in [0.15, 0.2) is 0 Å². The van der Waals surface area contributed by atoms with Crippen molar-refractivity contribution in [2.24, 2.45) is 0 Å². The number of rotatable bonds is 4. The summed E-state index contributed by atoms with van der Waals surface area (Å²) in [5.74, 6) is 0.507. The second-order valence-corrected chi connectivity index (χ2v) is 10.4. The minimum Gasteiger partial charge on any atom is -0.309 e. The van der Waals surface area contributed by atoms with Gasteiger partial charge >= 0.3 is 0 Å². The minimum atomic E-state index is 0.248. The number of hydrogen-bond acceptors (Lipinski definition) is 3. The third-order valence-electron chi connectivity index (χ3n) is 7.14. The number of fused-ring (bicyclic) bond motifs is 5. The lowest BCUT2D eigenvalue weighted by Crippen LogP contribution is -2.37. The van der Waals surface area contributed by atoms with Crippen LogP contribution in [0.1, 0.15) is 11.1 Å². The molecule has 0 amide bonds. The molecule has 186 valence electrons. The summed E-state index contributed by atoms with van der Waals surface area (Å²) >= 11 is 1.77. The van der Waals surface area contributed by atoms with E-state index in [1.165, 1.54) is 20.9 Å². The molecule has 5 aromatic carbocycles. The Labute approximate surface area is 230 Å². The van der Waals surface area contributed by atoms with Gasteiger partial charge in [0, 0.05) is 38.0 Å². The summed E-state index contributed by atoms with van der Waals surface area (Å²) in [6.07, 6.45) is 0. The monoisotopic (exact) mass is 520 g/mol. The van der Waals surface area contributed by atoms with Crippen LogP contribution in [-0.4, -0.2) is 16.2 Å². The van der Waals surface area contributed by atoms with Crippen LogP contribution < -0.4 is 4.90 Å². The van der Waals surface area contributed by atoms with Gasteiger partial charge in [-0.25, -0.2) is 0 Å². The molecule has 4 nitrogen and oxygen atoms in total. The van der Waals surface area contributed by atoms with E-state index in [2.05, 4.69) is 64.5 Å². The maximum absolute atomic E-state index is 9.32. The van der Waals surface area contributed by atoms with Crippen LogP contribution >= 0.6 is 11.3 Å². The highest BCUT2D eigenvalue weighted by Crippen LogP contribution is 2.39. The molecule has 7 aromatic rings. The summed E-state index contributed by atoms with van der Waals surface area (Å²) < 4.78 is 3.58. The standard InChI is InChI=1S/C34H24N4S/c35-33(24-10-3-1-4-11-24)38(26-13-5-2-6-14-26)34(36)25-12-9-15-27(22-25)37-29-17-8-7-16-28(29)31-30(37)19-18-23-20-21-39-32(23)31/h1-22,35-36H. The zero-order valence-corrected chi connectivity index (χ0v) is 21.8. The molecular weight excluding hydrogens is 496 g/mol. The molecule has 0 unspecified atom stereocenters. The fourth-order valence-electron chi connectivity index (χ4n) is 5.35. The van der Waals surface area contributed by atoms with Crippen LogP contribution in [0.5, 0.6) is 0 Å². The van der Waals surface area contributed by atoms with Gasteiger partial charge in [-0.3, -0.25) is 15.7 Å². The van der Waals surface area contributed by atoms with E-state index < -0.39 is 0 Å². The molecular formula is C34H24N4S. The van der Waals surface area contributed by atoms with E-state index in [1.807, 2.05) is 72.8 Å². The van der Waals surface area contributed by atoms with Crippen LogP contribution in [0.4, 0.5) is 5.69 Å². The van der Waals surface area contributed by atoms with E-state index in [0.717, 1.165) is 33.5 Å². The van der Waals surface area contributed by atoms with Crippen molar-refractivity contribution in [3.63, 3.8) is 0 Å². The second-order valence-electron chi connectivity index (χ2n) is 9.44. The molecule has 39 heavy (non-hydrogen) atoms. The SMILES string of the molecule is N=C(c1ccccc1)N(C(=N)c1cccc(-n2c3ccccc3c3c4sccc4ccc32)c1)c1ccccc1. The van der Waals surface area contributed by atoms with Crippen molar-refractivity contribution in [3.8, 4) is 5.69 Å². The van der Waals surface area contributed by atoms with E-state index in [4.69, 9.17) is 5.41 Å². The van der Waals surface area contributed by atoms with Gasteiger partial charge < -0.3 is 4.57 Å². The van der Waals surface area contributed by atoms with Crippen molar-refractivity contribution >= 4 is 60.6 Å². The third kappa shape index (κ3) is 3.83. The average Bonchev–Trinajstić information content (AvgIpc) is 3.61. The van der Waals surface area contributed by atoms with E-state index >= 15 is 0 Å². The van der Waals surface area contributed by atoms with Gasteiger partial charge in [0.2, 0.25) is 0 Å². The maximum atomic E-state index is 9.32. The van der Waals surface area contributed by atoms with E-state index in [1.54, 1.807) is 16.2 Å². The molecule has 2 aromatic heterocycles. The summed E-state index contributed by atoms with van der Waals surface area (Å²) in [6.45, 7) is 0. The fourth-order valence-corrected chi connectivity index (χ4v) is 6.31. The van der Waals surface area contributed by atoms with Crippen molar-refractivity contribution in [1.29, 1.82) is 10.8 Å². The summed E-state index contributed by atoms with van der Waals surface area (Å²) in [6, 6.07) is 42.5. The molecule has 7 rings (SSSR count). The summed E-state index contributed by atoms with van der Waals surface area (Å²) in [7, 11) is 0. The molecule has 0 aliphatic heterocycles. The molecule has 0 saturated heterocycles. The van der Waals surface area contributed by atoms with Crippen molar-refractivity contribution in [2.45, 2.75) is 0 Å². The first-order valence-electron chi connectivity index (χ1n) is 12.8. The Morgan fingerprint density at radius 2 is 1.31 bits per heavy atom. The number of para-hydroxylation sites is 2. The van der Waals surface area contributed by atoms with Crippen LogP contribution in [0.15, 0.2) is 133 Å². The molecule has 0 atom stereocenters. The highest BCUT2D eigenvalue weighted by atomic mass is 32.1. The Kier molecular flexibility index (Phi) is 5.57. The zero-order valence-electron chi connectivity index (χ0n) is 21.0. The number of aromatic nitrogens is 1. The van der Waals surface area contributed by atoms with Gasteiger partial charge in [-0.1, -0.05) is 84.9 Å².